The molecule has 2 aromatic rings. The van der Waals surface area contributed by atoms with E-state index in [-0.39, 0.29) is 12.2 Å². The number of nitrogens with one attached hydrogen (secondary N) is 2. The summed E-state index contributed by atoms with van der Waals surface area (Å²) < 4.78 is 76.0. The number of imidazole rings is 1. The zero-order chi connectivity index (χ0) is 22.9. The van der Waals surface area contributed by atoms with Gasteiger partial charge in [-0.05, 0) is 31.0 Å². The maximum absolute atomic E-state index is 13.1. The van der Waals surface area contributed by atoms with Gasteiger partial charge in [-0.2, -0.15) is 26.3 Å². The molecule has 1 aromatic heterocycles. The predicted molar refractivity (Wildman–Crippen MR) is 99.3 cm³/mol. The fraction of sp³-hybridized carbons (Fsp3) is 0.579. The van der Waals surface area contributed by atoms with Gasteiger partial charge in [0.1, 0.15) is 5.82 Å². The molecular weight excluding hydrogens is 414 g/mol. The predicted octanol–water partition coefficient (Wildman–Crippen LogP) is 5.06. The van der Waals surface area contributed by atoms with Crippen LogP contribution in [-0.4, -0.2) is 28.2 Å². The molecule has 2 rings (SSSR count). The Hall–Kier alpha value is -2.30. The second-order valence-corrected chi connectivity index (χ2v) is 8.00. The van der Waals surface area contributed by atoms with Crippen LogP contribution in [-0.2, 0) is 4.79 Å². The smallest absolute Gasteiger partial charge is 0.350 e. The summed E-state index contributed by atoms with van der Waals surface area (Å²) in [7, 11) is 0. The number of fused-ring (bicyclic) bond motifs is 1. The number of hydrogen-bond acceptors (Lipinski definition) is 3. The van der Waals surface area contributed by atoms with Crippen molar-refractivity contribution in [2.45, 2.75) is 64.5 Å². The average molecular weight is 438 g/mol. The summed E-state index contributed by atoms with van der Waals surface area (Å²) in [5.74, 6) is -0.539. The van der Waals surface area contributed by atoms with Gasteiger partial charge < -0.3 is 16.0 Å². The van der Waals surface area contributed by atoms with Crippen LogP contribution in [0.3, 0.4) is 0 Å². The lowest BCUT2D eigenvalue weighted by Gasteiger charge is -2.29. The molecule has 0 unspecified atom stereocenters. The molecule has 0 aliphatic heterocycles. The van der Waals surface area contributed by atoms with Crippen molar-refractivity contribution in [1.29, 1.82) is 0 Å². The monoisotopic (exact) mass is 438 g/mol. The quantitative estimate of drug-likeness (QED) is 0.529. The van der Waals surface area contributed by atoms with Crippen LogP contribution in [0.25, 0.3) is 11.0 Å². The summed E-state index contributed by atoms with van der Waals surface area (Å²) in [6, 6.07) is 3.32. The average Bonchev–Trinajstić information content (AvgIpc) is 3.01. The Balaban J connectivity index is 2.11. The van der Waals surface area contributed by atoms with E-state index in [0.29, 0.717) is 16.6 Å². The van der Waals surface area contributed by atoms with Gasteiger partial charge in [-0.1, -0.05) is 19.9 Å². The first-order chi connectivity index (χ1) is 13.6. The minimum atomic E-state index is -4.41. The standard InChI is InChI=1S/C19H24F6N4O/c1-10(27-15(30)6-7-18(20,21)22)11-4-5-13-14(8-11)29-16(28-13)12(26)9-17(2,3)19(23,24)25/h4-5,8,10,12H,6-7,9,26H2,1-3H3,(H,27,30)(H,28,29)/t10-,12+/m1/s1. The number of aromatic nitrogens is 2. The van der Waals surface area contributed by atoms with Gasteiger partial charge in [0, 0.05) is 6.42 Å². The Morgan fingerprint density at radius 2 is 1.83 bits per heavy atom. The highest BCUT2D eigenvalue weighted by Crippen LogP contribution is 2.43. The highest BCUT2D eigenvalue weighted by atomic mass is 19.4. The molecule has 2 atom stereocenters. The van der Waals surface area contributed by atoms with Gasteiger partial charge in [0.15, 0.2) is 0 Å². The van der Waals surface area contributed by atoms with Crippen molar-refractivity contribution in [3.8, 4) is 0 Å². The van der Waals surface area contributed by atoms with Gasteiger partial charge in [0.05, 0.1) is 35.0 Å². The molecule has 168 valence electrons. The summed E-state index contributed by atoms with van der Waals surface area (Å²) in [5, 5.41) is 2.49. The number of carbonyl (C=O) groups excluding carboxylic acids is 1. The Labute approximate surface area is 169 Å². The molecule has 4 N–H and O–H groups in total. The van der Waals surface area contributed by atoms with Crippen molar-refractivity contribution in [2.75, 3.05) is 0 Å². The summed E-state index contributed by atoms with van der Waals surface area (Å²) in [5.41, 5.74) is 5.51. The zero-order valence-electron chi connectivity index (χ0n) is 16.7. The lowest BCUT2D eigenvalue weighted by molar-refractivity contribution is -0.215. The van der Waals surface area contributed by atoms with Gasteiger partial charge >= 0.3 is 12.4 Å². The number of nitrogens with two attached hydrogens (primary N) is 1. The number of aromatic amines is 1. The second-order valence-electron chi connectivity index (χ2n) is 8.00. The molecule has 30 heavy (non-hydrogen) atoms. The third-order valence-corrected chi connectivity index (χ3v) is 4.89. The molecule has 0 fully saturated rings. The Kier molecular flexibility index (Phi) is 6.75. The van der Waals surface area contributed by atoms with E-state index in [4.69, 9.17) is 5.73 Å². The first-order valence-corrected chi connectivity index (χ1v) is 9.27. The van der Waals surface area contributed by atoms with Crippen molar-refractivity contribution in [2.24, 2.45) is 11.1 Å². The number of H-pyrrole nitrogens is 1. The SMILES string of the molecule is C[C@@H](NC(=O)CCC(F)(F)F)c1ccc2nc([C@@H](N)CC(C)(C)C(F)(F)F)[nH]c2c1. The Bertz CT molecular complexity index is 887. The van der Waals surface area contributed by atoms with E-state index < -0.39 is 48.6 Å². The molecule has 5 nitrogen and oxygen atoms in total. The van der Waals surface area contributed by atoms with Crippen LogP contribution < -0.4 is 11.1 Å². The largest absolute Gasteiger partial charge is 0.394 e. The van der Waals surface area contributed by atoms with Crippen LogP contribution in [0.2, 0.25) is 0 Å². The molecule has 0 bridgehead atoms. The minimum absolute atomic E-state index is 0.196. The van der Waals surface area contributed by atoms with Crippen molar-refractivity contribution in [3.63, 3.8) is 0 Å². The van der Waals surface area contributed by atoms with Crippen LogP contribution in [0.4, 0.5) is 26.3 Å². The number of nitrogens with zero attached hydrogens (tertiary/aromatic N) is 1. The normalized spacial score (nSPS) is 15.3. The highest BCUT2D eigenvalue weighted by Gasteiger charge is 2.48. The highest BCUT2D eigenvalue weighted by molar-refractivity contribution is 5.78. The van der Waals surface area contributed by atoms with Crippen LogP contribution in [0.15, 0.2) is 18.2 Å². The van der Waals surface area contributed by atoms with Crippen molar-refractivity contribution in [3.05, 3.63) is 29.6 Å². The van der Waals surface area contributed by atoms with E-state index in [1.807, 2.05) is 0 Å². The molecule has 1 amide bonds. The third-order valence-electron chi connectivity index (χ3n) is 4.89. The maximum Gasteiger partial charge on any atom is 0.394 e. The number of alkyl halides is 6. The number of amides is 1. The lowest BCUT2D eigenvalue weighted by atomic mass is 9.85. The van der Waals surface area contributed by atoms with Crippen LogP contribution in [0.1, 0.15) is 63.5 Å². The third kappa shape index (κ3) is 6.10. The van der Waals surface area contributed by atoms with E-state index in [0.717, 1.165) is 13.8 Å². The van der Waals surface area contributed by atoms with Crippen LogP contribution in [0, 0.1) is 5.41 Å². The molecular formula is C19H24F6N4O. The lowest BCUT2D eigenvalue weighted by Crippen LogP contribution is -2.35. The van der Waals surface area contributed by atoms with Gasteiger partial charge in [-0.15, -0.1) is 0 Å². The first kappa shape index (κ1) is 24.0. The number of hydrogen-bond donors (Lipinski definition) is 3. The van der Waals surface area contributed by atoms with Crippen LogP contribution >= 0.6 is 0 Å². The zero-order valence-corrected chi connectivity index (χ0v) is 16.7. The van der Waals surface area contributed by atoms with E-state index in [9.17, 15) is 31.1 Å². The Morgan fingerprint density at radius 1 is 1.20 bits per heavy atom. The second kappa shape index (κ2) is 8.44. The van der Waals surface area contributed by atoms with Gasteiger partial charge in [-0.3, -0.25) is 4.79 Å². The minimum Gasteiger partial charge on any atom is -0.350 e. The summed E-state index contributed by atoms with van der Waals surface area (Å²) >= 11 is 0. The molecule has 0 aliphatic rings. The molecule has 0 saturated carbocycles. The molecule has 0 saturated heterocycles. The fourth-order valence-electron chi connectivity index (χ4n) is 2.91. The molecule has 0 aliphatic carbocycles. The topological polar surface area (TPSA) is 83.8 Å². The van der Waals surface area contributed by atoms with Crippen LogP contribution in [0.5, 0.6) is 0 Å². The van der Waals surface area contributed by atoms with E-state index >= 15 is 0 Å². The van der Waals surface area contributed by atoms with Gasteiger partial charge in [0.2, 0.25) is 5.91 Å². The fourth-order valence-corrected chi connectivity index (χ4v) is 2.91. The molecule has 0 spiro atoms. The number of benzene rings is 1. The summed E-state index contributed by atoms with van der Waals surface area (Å²) in [4.78, 5) is 18.8. The van der Waals surface area contributed by atoms with E-state index in [1.165, 1.54) is 0 Å². The molecule has 0 radical (unpaired) electrons. The number of rotatable bonds is 7. The van der Waals surface area contributed by atoms with Crippen molar-refractivity contribution >= 4 is 16.9 Å². The van der Waals surface area contributed by atoms with E-state index in [1.54, 1.807) is 25.1 Å². The maximum atomic E-state index is 13.1. The van der Waals surface area contributed by atoms with Crippen molar-refractivity contribution in [1.82, 2.24) is 15.3 Å². The molecule has 1 aromatic carbocycles. The van der Waals surface area contributed by atoms with E-state index in [2.05, 4.69) is 15.3 Å². The number of halogens is 6. The summed E-state index contributed by atoms with van der Waals surface area (Å²) in [6.45, 7) is 3.75. The molecule has 11 heteroatoms. The summed E-state index contributed by atoms with van der Waals surface area (Å²) in [6.07, 6.45) is -11.1. The van der Waals surface area contributed by atoms with Gasteiger partial charge in [-0.25, -0.2) is 4.98 Å². The van der Waals surface area contributed by atoms with Gasteiger partial charge in [0.25, 0.3) is 0 Å². The number of carbonyl (C=O) groups is 1. The first-order valence-electron chi connectivity index (χ1n) is 9.27. The Morgan fingerprint density at radius 3 is 2.40 bits per heavy atom. The molecule has 1 heterocycles. The van der Waals surface area contributed by atoms with Crippen molar-refractivity contribution < 1.29 is 31.1 Å².